The summed E-state index contributed by atoms with van der Waals surface area (Å²) in [6.45, 7) is 6.06. The van der Waals surface area contributed by atoms with Crippen molar-refractivity contribution in [2.24, 2.45) is 0 Å². The lowest BCUT2D eigenvalue weighted by Crippen LogP contribution is -1.74. The van der Waals surface area contributed by atoms with E-state index in [2.05, 4.69) is 38.1 Å². The van der Waals surface area contributed by atoms with Gasteiger partial charge in [0.05, 0.1) is 6.07 Å². The van der Waals surface area contributed by atoms with E-state index in [4.69, 9.17) is 5.26 Å². The van der Waals surface area contributed by atoms with Gasteiger partial charge in [-0.05, 0) is 25.0 Å². The zero-order chi connectivity index (χ0) is 9.40. The molecule has 0 spiro atoms. The molecule has 64 valence electrons. The van der Waals surface area contributed by atoms with Gasteiger partial charge in [0.15, 0.2) is 0 Å². The first-order chi connectivity index (χ1) is 5.72. The Kier molecular flexibility index (Phi) is 5.73. The van der Waals surface area contributed by atoms with Crippen LogP contribution in [0.2, 0.25) is 0 Å². The molecule has 0 aliphatic carbocycles. The number of nitriles is 1. The van der Waals surface area contributed by atoms with Gasteiger partial charge in [0.1, 0.15) is 0 Å². The van der Waals surface area contributed by atoms with Crippen LogP contribution in [0.25, 0.3) is 0 Å². The molecule has 0 amide bonds. The third kappa shape index (κ3) is 4.51. The Bertz CT molecular complexity index is 237. The fourth-order valence-electron chi connectivity index (χ4n) is 0.663. The van der Waals surface area contributed by atoms with Crippen molar-refractivity contribution in [2.75, 3.05) is 0 Å². The highest BCUT2D eigenvalue weighted by atomic mass is 14.2. The van der Waals surface area contributed by atoms with Crippen molar-refractivity contribution < 1.29 is 0 Å². The highest BCUT2D eigenvalue weighted by molar-refractivity contribution is 5.23. The van der Waals surface area contributed by atoms with Crippen LogP contribution in [0.1, 0.15) is 24.5 Å². The molecule has 1 nitrogen and oxygen atoms in total. The van der Waals surface area contributed by atoms with Crippen molar-refractivity contribution in [3.8, 4) is 6.07 Å². The fourth-order valence-corrected chi connectivity index (χ4v) is 0.663. The molecule has 0 aromatic heterocycles. The summed E-state index contributed by atoms with van der Waals surface area (Å²) in [5.74, 6) is 0. The summed E-state index contributed by atoms with van der Waals surface area (Å²) >= 11 is 0. The van der Waals surface area contributed by atoms with Gasteiger partial charge < -0.3 is 0 Å². The molecular formula is C11H15N. The molecular weight excluding hydrogens is 146 g/mol. The first-order valence-corrected chi connectivity index (χ1v) is 4.11. The van der Waals surface area contributed by atoms with Gasteiger partial charge in [0, 0.05) is 6.42 Å². The van der Waals surface area contributed by atoms with Crippen LogP contribution < -0.4 is 0 Å². The van der Waals surface area contributed by atoms with Gasteiger partial charge in [-0.1, -0.05) is 31.2 Å². The van der Waals surface area contributed by atoms with Gasteiger partial charge in [-0.3, -0.25) is 0 Å². The fraction of sp³-hybridized carbons (Fsp3) is 0.364. The Labute approximate surface area is 74.7 Å². The van der Waals surface area contributed by atoms with Crippen LogP contribution in [0, 0.1) is 25.2 Å². The van der Waals surface area contributed by atoms with E-state index in [0.717, 1.165) is 0 Å². The monoisotopic (exact) mass is 161 g/mol. The number of aryl methyl sites for hydroxylation is 2. The van der Waals surface area contributed by atoms with Gasteiger partial charge in [-0.25, -0.2) is 0 Å². The molecule has 1 heteroatoms. The standard InChI is InChI=1S/C8H10.C3H5N/c1-7-5-3-4-6-8(7)2;1-2-3-4/h3-6H,1-2H3;2H2,1H3. The lowest BCUT2D eigenvalue weighted by Gasteiger charge is -1.93. The first-order valence-electron chi connectivity index (χ1n) is 4.11. The molecule has 0 saturated heterocycles. The Morgan fingerprint density at radius 3 is 1.67 bits per heavy atom. The molecule has 0 unspecified atom stereocenters. The maximum Gasteiger partial charge on any atom is 0.0618 e. The Morgan fingerprint density at radius 2 is 1.50 bits per heavy atom. The minimum Gasteiger partial charge on any atom is -0.198 e. The average molecular weight is 161 g/mol. The summed E-state index contributed by atoms with van der Waals surface area (Å²) in [7, 11) is 0. The molecule has 0 atom stereocenters. The molecule has 1 aromatic rings. The van der Waals surface area contributed by atoms with E-state index in [1.165, 1.54) is 11.1 Å². The topological polar surface area (TPSA) is 23.8 Å². The van der Waals surface area contributed by atoms with Crippen molar-refractivity contribution in [3.05, 3.63) is 35.4 Å². The predicted molar refractivity (Wildman–Crippen MR) is 51.8 cm³/mol. The van der Waals surface area contributed by atoms with Crippen LogP contribution >= 0.6 is 0 Å². The molecule has 0 fully saturated rings. The van der Waals surface area contributed by atoms with Gasteiger partial charge in [0.2, 0.25) is 0 Å². The van der Waals surface area contributed by atoms with Crippen LogP contribution in [-0.4, -0.2) is 0 Å². The maximum atomic E-state index is 7.62. The van der Waals surface area contributed by atoms with Crippen molar-refractivity contribution in [1.82, 2.24) is 0 Å². The summed E-state index contributed by atoms with van der Waals surface area (Å²) in [6.07, 6.45) is 0.625. The normalized spacial score (nSPS) is 7.83. The SMILES string of the molecule is CCC#N.Cc1ccccc1C. The molecule has 0 heterocycles. The van der Waals surface area contributed by atoms with E-state index >= 15 is 0 Å². The summed E-state index contributed by atoms with van der Waals surface area (Å²) in [4.78, 5) is 0. The minimum absolute atomic E-state index is 0.625. The van der Waals surface area contributed by atoms with Crippen molar-refractivity contribution in [3.63, 3.8) is 0 Å². The third-order valence-corrected chi connectivity index (χ3v) is 1.58. The first kappa shape index (κ1) is 10.7. The number of hydrogen-bond donors (Lipinski definition) is 0. The summed E-state index contributed by atoms with van der Waals surface area (Å²) < 4.78 is 0. The second-order valence-corrected chi connectivity index (χ2v) is 2.60. The van der Waals surface area contributed by atoms with E-state index in [-0.39, 0.29) is 0 Å². The van der Waals surface area contributed by atoms with E-state index in [1.807, 2.05) is 13.0 Å². The van der Waals surface area contributed by atoms with Crippen LogP contribution in [0.5, 0.6) is 0 Å². The Morgan fingerprint density at radius 1 is 1.17 bits per heavy atom. The van der Waals surface area contributed by atoms with Crippen LogP contribution in [0.4, 0.5) is 0 Å². The second-order valence-electron chi connectivity index (χ2n) is 2.60. The predicted octanol–water partition coefficient (Wildman–Crippen LogP) is 3.22. The number of nitrogens with zero attached hydrogens (tertiary/aromatic N) is 1. The lowest BCUT2D eigenvalue weighted by atomic mass is 10.1. The van der Waals surface area contributed by atoms with Gasteiger partial charge in [-0.15, -0.1) is 0 Å². The van der Waals surface area contributed by atoms with Crippen LogP contribution in [0.3, 0.4) is 0 Å². The molecule has 0 saturated carbocycles. The minimum atomic E-state index is 0.625. The molecule has 1 rings (SSSR count). The quantitative estimate of drug-likeness (QED) is 0.573. The van der Waals surface area contributed by atoms with Crippen molar-refractivity contribution >= 4 is 0 Å². The number of rotatable bonds is 0. The zero-order valence-corrected chi connectivity index (χ0v) is 7.96. The summed E-state index contributed by atoms with van der Waals surface area (Å²) in [6, 6.07) is 10.3. The zero-order valence-electron chi connectivity index (χ0n) is 7.96. The second kappa shape index (κ2) is 6.42. The highest BCUT2D eigenvalue weighted by Gasteiger charge is 1.83. The van der Waals surface area contributed by atoms with E-state index in [1.54, 1.807) is 0 Å². The molecule has 12 heavy (non-hydrogen) atoms. The van der Waals surface area contributed by atoms with Crippen molar-refractivity contribution in [1.29, 1.82) is 5.26 Å². The van der Waals surface area contributed by atoms with Gasteiger partial charge in [0.25, 0.3) is 0 Å². The average Bonchev–Trinajstić information content (AvgIpc) is 2.11. The number of hydrogen-bond acceptors (Lipinski definition) is 1. The van der Waals surface area contributed by atoms with E-state index in [0.29, 0.717) is 6.42 Å². The summed E-state index contributed by atoms with van der Waals surface area (Å²) in [5.41, 5.74) is 2.74. The van der Waals surface area contributed by atoms with E-state index < -0.39 is 0 Å². The highest BCUT2D eigenvalue weighted by Crippen LogP contribution is 2.02. The molecule has 0 aliphatic heterocycles. The third-order valence-electron chi connectivity index (χ3n) is 1.58. The largest absolute Gasteiger partial charge is 0.198 e. The van der Waals surface area contributed by atoms with Crippen molar-refractivity contribution in [2.45, 2.75) is 27.2 Å². The Hall–Kier alpha value is -1.29. The molecule has 0 bridgehead atoms. The van der Waals surface area contributed by atoms with Gasteiger partial charge in [-0.2, -0.15) is 5.26 Å². The Balaban J connectivity index is 0.000000261. The smallest absolute Gasteiger partial charge is 0.0618 e. The van der Waals surface area contributed by atoms with Crippen LogP contribution in [-0.2, 0) is 0 Å². The number of benzene rings is 1. The summed E-state index contributed by atoms with van der Waals surface area (Å²) in [5, 5.41) is 7.62. The lowest BCUT2D eigenvalue weighted by molar-refractivity contribution is 1.22. The molecule has 1 aromatic carbocycles. The molecule has 0 N–H and O–H groups in total. The molecule has 0 aliphatic rings. The maximum absolute atomic E-state index is 7.62. The van der Waals surface area contributed by atoms with E-state index in [9.17, 15) is 0 Å². The van der Waals surface area contributed by atoms with Gasteiger partial charge >= 0.3 is 0 Å². The van der Waals surface area contributed by atoms with Crippen LogP contribution in [0.15, 0.2) is 24.3 Å². The molecule has 0 radical (unpaired) electrons.